The fourth-order valence-corrected chi connectivity index (χ4v) is 1.86. The second kappa shape index (κ2) is 6.34. The largest absolute Gasteiger partial charge is 0.393 e. The first-order valence-electron chi connectivity index (χ1n) is 6.36. The molecule has 0 aromatic heterocycles. The Morgan fingerprint density at radius 2 is 1.95 bits per heavy atom. The van der Waals surface area contributed by atoms with Crippen LogP contribution >= 0.6 is 0 Å². The summed E-state index contributed by atoms with van der Waals surface area (Å²) < 4.78 is 37.0. The molecule has 1 rings (SSSR count). The Kier molecular flexibility index (Phi) is 5.22. The number of carbonyl (C=O) groups is 1. The van der Waals surface area contributed by atoms with Gasteiger partial charge in [0.15, 0.2) is 0 Å². The molecule has 0 atom stereocenters. The Hall–Kier alpha value is -1.76. The molecule has 1 aromatic carbocycles. The van der Waals surface area contributed by atoms with E-state index >= 15 is 0 Å². The maximum Gasteiger partial charge on any atom is 0.393 e. The van der Waals surface area contributed by atoms with Gasteiger partial charge in [0.05, 0.1) is 18.6 Å². The Morgan fingerprint density at radius 1 is 1.33 bits per heavy atom. The molecule has 0 fully saturated rings. The van der Waals surface area contributed by atoms with Crippen LogP contribution in [0, 0.1) is 0 Å². The van der Waals surface area contributed by atoms with Gasteiger partial charge in [-0.3, -0.25) is 0 Å². The number of halogens is 3. The van der Waals surface area contributed by atoms with Crippen molar-refractivity contribution in [3.63, 3.8) is 0 Å². The molecule has 118 valence electrons. The van der Waals surface area contributed by atoms with Crippen molar-refractivity contribution in [1.82, 2.24) is 4.90 Å². The van der Waals surface area contributed by atoms with Gasteiger partial charge in [0.25, 0.3) is 0 Å². The van der Waals surface area contributed by atoms with Crippen molar-refractivity contribution in [3.8, 4) is 0 Å². The van der Waals surface area contributed by atoms with E-state index < -0.39 is 24.2 Å². The third-order valence-corrected chi connectivity index (χ3v) is 2.55. The SMILES string of the molecule is CN(CC(C)(C)O)C(=O)Nc1cccc(CC(F)(F)F)c1. The molecule has 2 amide bonds. The van der Waals surface area contributed by atoms with Crippen molar-refractivity contribution >= 4 is 11.7 Å². The van der Waals surface area contributed by atoms with E-state index in [0.717, 1.165) is 0 Å². The number of likely N-dealkylation sites (N-methyl/N-ethyl adjacent to an activating group) is 1. The standard InChI is InChI=1S/C14H19F3N2O2/c1-13(2,21)9-19(3)12(20)18-11-6-4-5-10(7-11)8-14(15,16)17/h4-7,21H,8-9H2,1-3H3,(H,18,20). The lowest BCUT2D eigenvalue weighted by molar-refractivity contribution is -0.127. The first-order chi connectivity index (χ1) is 9.46. The summed E-state index contributed by atoms with van der Waals surface area (Å²) in [5.41, 5.74) is -0.695. The number of carbonyl (C=O) groups excluding carboxylic acids is 1. The monoisotopic (exact) mass is 304 g/mol. The Balaban J connectivity index is 2.70. The smallest absolute Gasteiger partial charge is 0.389 e. The predicted molar refractivity (Wildman–Crippen MR) is 74.1 cm³/mol. The Labute approximate surface area is 121 Å². The average Bonchev–Trinajstić information content (AvgIpc) is 2.24. The van der Waals surface area contributed by atoms with Crippen molar-refractivity contribution in [2.75, 3.05) is 18.9 Å². The molecular weight excluding hydrogens is 285 g/mol. The molecule has 4 nitrogen and oxygen atoms in total. The minimum Gasteiger partial charge on any atom is -0.389 e. The van der Waals surface area contributed by atoms with Crippen LogP contribution in [0.4, 0.5) is 23.7 Å². The molecule has 0 aliphatic heterocycles. The van der Waals surface area contributed by atoms with Crippen molar-refractivity contribution in [2.45, 2.75) is 32.0 Å². The lowest BCUT2D eigenvalue weighted by Crippen LogP contribution is -2.41. The number of nitrogens with one attached hydrogen (secondary N) is 1. The summed E-state index contributed by atoms with van der Waals surface area (Å²) in [6, 6.07) is 5.09. The zero-order valence-corrected chi connectivity index (χ0v) is 12.2. The highest BCUT2D eigenvalue weighted by molar-refractivity contribution is 5.89. The first-order valence-corrected chi connectivity index (χ1v) is 6.36. The van der Waals surface area contributed by atoms with Crippen LogP contribution in [0.1, 0.15) is 19.4 Å². The van der Waals surface area contributed by atoms with Gasteiger partial charge in [-0.1, -0.05) is 12.1 Å². The topological polar surface area (TPSA) is 52.6 Å². The Bertz CT molecular complexity index is 496. The molecule has 0 saturated carbocycles. The van der Waals surface area contributed by atoms with Crippen LogP contribution in [-0.2, 0) is 6.42 Å². The number of nitrogens with zero attached hydrogens (tertiary/aromatic N) is 1. The second-order valence-corrected chi connectivity index (χ2v) is 5.59. The maximum atomic E-state index is 12.3. The molecule has 21 heavy (non-hydrogen) atoms. The number of alkyl halides is 3. The summed E-state index contributed by atoms with van der Waals surface area (Å²) in [4.78, 5) is 13.1. The minimum atomic E-state index is -4.29. The number of rotatable bonds is 4. The van der Waals surface area contributed by atoms with Crippen LogP contribution in [0.2, 0.25) is 0 Å². The van der Waals surface area contributed by atoms with Gasteiger partial charge in [-0.05, 0) is 31.5 Å². The van der Waals surface area contributed by atoms with Crippen molar-refractivity contribution < 1.29 is 23.1 Å². The van der Waals surface area contributed by atoms with Gasteiger partial charge in [-0.15, -0.1) is 0 Å². The molecule has 0 spiro atoms. The zero-order valence-electron chi connectivity index (χ0n) is 12.2. The molecule has 0 radical (unpaired) electrons. The average molecular weight is 304 g/mol. The Morgan fingerprint density at radius 3 is 2.48 bits per heavy atom. The molecule has 0 bridgehead atoms. The van der Waals surface area contributed by atoms with Crippen LogP contribution in [0.15, 0.2) is 24.3 Å². The zero-order chi connectivity index (χ0) is 16.3. The number of anilines is 1. The van der Waals surface area contributed by atoms with Crippen LogP contribution in [-0.4, -0.2) is 41.4 Å². The quantitative estimate of drug-likeness (QED) is 0.898. The molecule has 0 unspecified atom stereocenters. The first kappa shape index (κ1) is 17.3. The molecule has 0 aliphatic rings. The van der Waals surface area contributed by atoms with E-state index in [-0.39, 0.29) is 17.8 Å². The lowest BCUT2D eigenvalue weighted by atomic mass is 10.1. The molecule has 0 saturated heterocycles. The van der Waals surface area contributed by atoms with E-state index in [1.807, 2.05) is 0 Å². The van der Waals surface area contributed by atoms with Crippen LogP contribution in [0.3, 0.4) is 0 Å². The third-order valence-electron chi connectivity index (χ3n) is 2.55. The van der Waals surface area contributed by atoms with E-state index in [4.69, 9.17) is 0 Å². The molecule has 2 N–H and O–H groups in total. The summed E-state index contributed by atoms with van der Waals surface area (Å²) in [5.74, 6) is 0. The van der Waals surface area contributed by atoms with Gasteiger partial charge < -0.3 is 15.3 Å². The van der Waals surface area contributed by atoms with Gasteiger partial charge in [0.1, 0.15) is 0 Å². The van der Waals surface area contributed by atoms with E-state index in [9.17, 15) is 23.1 Å². The number of urea groups is 1. The number of aliphatic hydroxyl groups is 1. The number of amides is 2. The van der Waals surface area contributed by atoms with E-state index in [1.165, 1.54) is 36.2 Å². The van der Waals surface area contributed by atoms with Crippen LogP contribution in [0.25, 0.3) is 0 Å². The molecule has 0 heterocycles. The predicted octanol–water partition coefficient (Wildman–Crippen LogP) is 3.03. The highest BCUT2D eigenvalue weighted by Crippen LogP contribution is 2.23. The number of hydrogen-bond acceptors (Lipinski definition) is 2. The summed E-state index contributed by atoms with van der Waals surface area (Å²) >= 11 is 0. The normalized spacial score (nSPS) is 12.1. The maximum absolute atomic E-state index is 12.3. The van der Waals surface area contributed by atoms with Crippen LogP contribution < -0.4 is 5.32 Å². The summed E-state index contributed by atoms with van der Waals surface area (Å²) in [6.45, 7) is 3.21. The third kappa shape index (κ3) is 6.99. The second-order valence-electron chi connectivity index (χ2n) is 5.59. The highest BCUT2D eigenvalue weighted by Gasteiger charge is 2.27. The minimum absolute atomic E-state index is 0.0745. The van der Waals surface area contributed by atoms with E-state index in [1.54, 1.807) is 13.8 Å². The van der Waals surface area contributed by atoms with Gasteiger partial charge in [0, 0.05) is 12.7 Å². The fourth-order valence-electron chi connectivity index (χ4n) is 1.86. The number of benzene rings is 1. The van der Waals surface area contributed by atoms with Crippen LogP contribution in [0.5, 0.6) is 0 Å². The van der Waals surface area contributed by atoms with Gasteiger partial charge in [-0.25, -0.2) is 4.79 Å². The summed E-state index contributed by atoms with van der Waals surface area (Å²) in [6.07, 6.45) is -5.34. The van der Waals surface area contributed by atoms with Gasteiger partial charge >= 0.3 is 12.2 Å². The van der Waals surface area contributed by atoms with E-state index in [0.29, 0.717) is 0 Å². The molecule has 1 aromatic rings. The number of hydrogen-bond donors (Lipinski definition) is 2. The lowest BCUT2D eigenvalue weighted by Gasteiger charge is -2.25. The van der Waals surface area contributed by atoms with E-state index in [2.05, 4.69) is 5.32 Å². The summed E-state index contributed by atoms with van der Waals surface area (Å²) in [7, 11) is 1.49. The van der Waals surface area contributed by atoms with Crippen molar-refractivity contribution in [2.24, 2.45) is 0 Å². The highest BCUT2D eigenvalue weighted by atomic mass is 19.4. The molecule has 7 heteroatoms. The van der Waals surface area contributed by atoms with Crippen molar-refractivity contribution in [3.05, 3.63) is 29.8 Å². The molecule has 0 aliphatic carbocycles. The van der Waals surface area contributed by atoms with Crippen molar-refractivity contribution in [1.29, 1.82) is 0 Å². The molecular formula is C14H19F3N2O2. The van der Waals surface area contributed by atoms with Gasteiger partial charge in [-0.2, -0.15) is 13.2 Å². The summed E-state index contributed by atoms with van der Waals surface area (Å²) in [5, 5.41) is 12.1. The van der Waals surface area contributed by atoms with Gasteiger partial charge in [0.2, 0.25) is 0 Å². The fraction of sp³-hybridized carbons (Fsp3) is 0.500.